The lowest BCUT2D eigenvalue weighted by Crippen LogP contribution is -2.68. The van der Waals surface area contributed by atoms with E-state index in [1.807, 2.05) is 26.8 Å². The zero-order chi connectivity index (χ0) is 23.6. The van der Waals surface area contributed by atoms with Gasteiger partial charge < -0.3 is 25.0 Å². The molecule has 2 aliphatic heterocycles. The number of likely N-dealkylation sites (N-methyl/N-ethyl adjacent to an activating group) is 1. The fourth-order valence-corrected chi connectivity index (χ4v) is 4.67. The smallest absolute Gasteiger partial charge is 0.410 e. The minimum absolute atomic E-state index is 0.0380. The minimum Gasteiger partial charge on any atom is -0.477 e. The van der Waals surface area contributed by atoms with Gasteiger partial charge in [0, 0.05) is 25.8 Å². The number of quaternary nitrogens is 1. The number of β-lactam (4-membered cyclic amide) rings is 1. The van der Waals surface area contributed by atoms with Crippen LogP contribution in [0.1, 0.15) is 27.2 Å². The molecule has 2 heterocycles. The third-order valence-corrected chi connectivity index (χ3v) is 6.45. The summed E-state index contributed by atoms with van der Waals surface area (Å²) in [6.45, 7) is 7.63. The summed E-state index contributed by atoms with van der Waals surface area (Å²) in [7, 11) is 5.88. The molecule has 2 atom stereocenters. The molecule has 2 amide bonds. The number of carboxylic acids is 1. The number of nitrogens with two attached hydrogens (primary N) is 1. The van der Waals surface area contributed by atoms with Gasteiger partial charge in [-0.3, -0.25) is 9.69 Å². The average Bonchev–Trinajstić information content (AvgIpc) is 2.64. The molecule has 31 heavy (non-hydrogen) atoms. The lowest BCUT2D eigenvalue weighted by atomic mass is 10.0. The van der Waals surface area contributed by atoms with Crippen LogP contribution < -0.4 is 5.73 Å². The van der Waals surface area contributed by atoms with Crippen LogP contribution in [0, 0.1) is 0 Å². The quantitative estimate of drug-likeness (QED) is 0.421. The second kappa shape index (κ2) is 9.62. The molecule has 2 rings (SSSR count). The lowest BCUT2D eigenvalue weighted by molar-refractivity contribution is -0.884. The number of ether oxygens (including phenoxy) is 1. The molecule has 0 spiro atoms. The number of nitrogens with zero attached hydrogens (tertiary/aromatic N) is 3. The Kier molecular flexibility index (Phi) is 7.83. The van der Waals surface area contributed by atoms with Crippen molar-refractivity contribution < 1.29 is 28.7 Å². The van der Waals surface area contributed by atoms with E-state index in [0.29, 0.717) is 28.9 Å². The SMILES string of the molecule is CN(CCC[N+](C)(C)CC=CC1=C(C(=O)O)N2C(=O)[C@@H](N)[C@H]2SC1)C(=O)OC(C)(C)C. The fourth-order valence-electron chi connectivity index (χ4n) is 3.41. The Labute approximate surface area is 188 Å². The molecule has 0 saturated carbocycles. The van der Waals surface area contributed by atoms with E-state index in [1.165, 1.54) is 16.7 Å². The molecule has 0 aliphatic carbocycles. The van der Waals surface area contributed by atoms with Crippen LogP contribution in [0.2, 0.25) is 0 Å². The maximum absolute atomic E-state index is 12.0. The van der Waals surface area contributed by atoms with Crippen molar-refractivity contribution in [1.29, 1.82) is 0 Å². The van der Waals surface area contributed by atoms with Gasteiger partial charge in [-0.2, -0.15) is 0 Å². The Morgan fingerprint density at radius 1 is 1.39 bits per heavy atom. The number of hydrogen-bond donors (Lipinski definition) is 2. The predicted molar refractivity (Wildman–Crippen MR) is 120 cm³/mol. The van der Waals surface area contributed by atoms with Crippen molar-refractivity contribution in [3.63, 3.8) is 0 Å². The number of thioether (sulfide) groups is 1. The molecule has 0 aromatic carbocycles. The van der Waals surface area contributed by atoms with Crippen LogP contribution in [-0.2, 0) is 14.3 Å². The van der Waals surface area contributed by atoms with Crippen molar-refractivity contribution in [3.05, 3.63) is 23.4 Å². The first-order chi connectivity index (χ1) is 14.2. The van der Waals surface area contributed by atoms with E-state index < -0.39 is 17.6 Å². The number of aliphatic carboxylic acids is 1. The maximum Gasteiger partial charge on any atom is 0.410 e. The zero-order valence-corrected chi connectivity index (χ0v) is 20.1. The summed E-state index contributed by atoms with van der Waals surface area (Å²) in [5, 5.41) is 9.31. The highest BCUT2D eigenvalue weighted by molar-refractivity contribution is 8.00. The summed E-state index contributed by atoms with van der Waals surface area (Å²) in [5.74, 6) is -0.941. The summed E-state index contributed by atoms with van der Waals surface area (Å²) in [6, 6.07) is -0.626. The van der Waals surface area contributed by atoms with Crippen LogP contribution in [0.3, 0.4) is 0 Å². The van der Waals surface area contributed by atoms with Gasteiger partial charge in [0.2, 0.25) is 5.91 Å². The molecule has 9 nitrogen and oxygen atoms in total. The zero-order valence-electron chi connectivity index (χ0n) is 19.3. The Morgan fingerprint density at radius 3 is 2.61 bits per heavy atom. The topological polar surface area (TPSA) is 113 Å². The van der Waals surface area contributed by atoms with Crippen molar-refractivity contribution in [1.82, 2.24) is 9.80 Å². The summed E-state index contributed by atoms with van der Waals surface area (Å²) in [6.07, 6.45) is 4.22. The van der Waals surface area contributed by atoms with Crippen molar-refractivity contribution >= 4 is 29.7 Å². The Hall–Kier alpha value is -2.04. The molecule has 2 aliphatic rings. The van der Waals surface area contributed by atoms with Gasteiger partial charge in [-0.1, -0.05) is 6.08 Å². The van der Waals surface area contributed by atoms with Gasteiger partial charge in [-0.15, -0.1) is 11.8 Å². The van der Waals surface area contributed by atoms with Gasteiger partial charge in [0.15, 0.2) is 0 Å². The monoisotopic (exact) mass is 455 g/mol. The first kappa shape index (κ1) is 25.2. The minimum atomic E-state index is -1.11. The molecule has 0 unspecified atom stereocenters. The largest absolute Gasteiger partial charge is 0.477 e. The molecular formula is C21H35N4O5S+. The third kappa shape index (κ3) is 6.47. The van der Waals surface area contributed by atoms with E-state index in [1.54, 1.807) is 18.0 Å². The number of carbonyl (C=O) groups is 3. The number of allylic oxidation sites excluding steroid dienone is 1. The molecule has 3 N–H and O–H groups in total. The highest BCUT2D eigenvalue weighted by Crippen LogP contribution is 2.39. The fraction of sp³-hybridized carbons (Fsp3) is 0.667. The van der Waals surface area contributed by atoms with Gasteiger partial charge >= 0.3 is 12.1 Å². The second-order valence-corrected chi connectivity index (χ2v) is 10.7. The van der Waals surface area contributed by atoms with Crippen LogP contribution in [0.5, 0.6) is 0 Å². The van der Waals surface area contributed by atoms with E-state index in [9.17, 15) is 19.5 Å². The molecular weight excluding hydrogens is 420 g/mol. The van der Waals surface area contributed by atoms with Crippen LogP contribution in [0.25, 0.3) is 0 Å². The van der Waals surface area contributed by atoms with Gasteiger partial charge in [-0.25, -0.2) is 9.59 Å². The van der Waals surface area contributed by atoms with E-state index in [2.05, 4.69) is 14.1 Å². The van der Waals surface area contributed by atoms with Crippen LogP contribution in [-0.4, -0.2) is 101 Å². The molecule has 0 radical (unpaired) electrons. The number of amides is 2. The maximum atomic E-state index is 12.0. The van der Waals surface area contributed by atoms with Crippen molar-refractivity contribution in [2.75, 3.05) is 46.5 Å². The van der Waals surface area contributed by atoms with E-state index in [-0.39, 0.29) is 23.1 Å². The van der Waals surface area contributed by atoms with E-state index in [4.69, 9.17) is 10.5 Å². The van der Waals surface area contributed by atoms with Crippen molar-refractivity contribution in [2.45, 2.75) is 44.2 Å². The molecule has 0 aromatic heterocycles. The summed E-state index contributed by atoms with van der Waals surface area (Å²) in [5.41, 5.74) is 5.92. The normalized spacial score (nSPS) is 21.8. The van der Waals surface area contributed by atoms with Crippen molar-refractivity contribution in [3.8, 4) is 0 Å². The Morgan fingerprint density at radius 2 is 2.03 bits per heavy atom. The predicted octanol–water partition coefficient (Wildman–Crippen LogP) is 1.46. The Bertz CT molecular complexity index is 787. The average molecular weight is 456 g/mol. The van der Waals surface area contributed by atoms with Gasteiger partial charge in [0.05, 0.1) is 27.2 Å². The van der Waals surface area contributed by atoms with E-state index >= 15 is 0 Å². The summed E-state index contributed by atoms with van der Waals surface area (Å²) in [4.78, 5) is 38.7. The van der Waals surface area contributed by atoms with Crippen LogP contribution in [0.15, 0.2) is 23.4 Å². The lowest BCUT2D eigenvalue weighted by Gasteiger charge is -2.47. The van der Waals surface area contributed by atoms with Gasteiger partial charge in [-0.05, 0) is 32.4 Å². The first-order valence-electron chi connectivity index (χ1n) is 10.3. The van der Waals surface area contributed by atoms with Crippen LogP contribution in [0.4, 0.5) is 4.79 Å². The number of carboxylic acid groups (broad SMARTS) is 1. The standard InChI is InChI=1S/C21H34N4O5S/c1-21(2,3)30-20(29)23(4)10-8-12-25(5,6)11-7-9-14-13-31-18-15(22)17(26)24(18)16(14)19(27)28/h7,9,15,18H,8,10-13,22H2,1-6H3/p+1/t15-,18-/m1/s1. The molecule has 174 valence electrons. The molecule has 10 heteroatoms. The number of carbonyl (C=O) groups excluding carboxylic acids is 2. The molecule has 1 saturated heterocycles. The number of fused-ring (bicyclic) bond motifs is 1. The highest BCUT2D eigenvalue weighted by atomic mass is 32.2. The first-order valence-corrected chi connectivity index (χ1v) is 11.4. The molecule has 0 bridgehead atoms. The number of hydrogen-bond acceptors (Lipinski definition) is 6. The van der Waals surface area contributed by atoms with Gasteiger partial charge in [0.1, 0.15) is 22.7 Å². The Balaban J connectivity index is 1.90. The summed E-state index contributed by atoms with van der Waals surface area (Å²) >= 11 is 1.49. The second-order valence-electron chi connectivity index (χ2n) is 9.61. The third-order valence-electron chi connectivity index (χ3n) is 5.12. The number of rotatable bonds is 8. The summed E-state index contributed by atoms with van der Waals surface area (Å²) < 4.78 is 6.04. The molecule has 1 fully saturated rings. The van der Waals surface area contributed by atoms with Crippen LogP contribution >= 0.6 is 11.8 Å². The van der Waals surface area contributed by atoms with E-state index in [0.717, 1.165) is 13.0 Å². The molecule has 0 aromatic rings. The highest BCUT2D eigenvalue weighted by Gasteiger charge is 2.51. The van der Waals surface area contributed by atoms with Crippen molar-refractivity contribution in [2.24, 2.45) is 5.73 Å². The van der Waals surface area contributed by atoms with Gasteiger partial charge in [0.25, 0.3) is 0 Å².